The summed E-state index contributed by atoms with van der Waals surface area (Å²) in [5, 5.41) is 10.6. The number of aromatic nitrogens is 3. The van der Waals surface area contributed by atoms with Crippen molar-refractivity contribution in [2.75, 3.05) is 5.75 Å². The SMILES string of the molecule is CC(C)C(NC(=O)CSc1nnc2c(Cl)cc(C(F)(F)F)cn12)c1ccccc1. The Bertz CT molecular complexity index is 1010. The highest BCUT2D eigenvalue weighted by atomic mass is 35.5. The average molecular weight is 443 g/mol. The number of halogens is 4. The van der Waals surface area contributed by atoms with E-state index in [2.05, 4.69) is 15.5 Å². The van der Waals surface area contributed by atoms with Crippen molar-refractivity contribution in [3.63, 3.8) is 0 Å². The number of nitrogens with zero attached hydrogens (tertiary/aromatic N) is 3. The Balaban J connectivity index is 1.74. The molecule has 0 aliphatic carbocycles. The Morgan fingerprint density at radius 2 is 1.93 bits per heavy atom. The van der Waals surface area contributed by atoms with E-state index in [1.165, 1.54) is 0 Å². The standard InChI is InChI=1S/C19H18ClF3N4OS/c1-11(2)16(12-6-4-3-5-7-12)24-15(28)10-29-18-26-25-17-14(20)8-13(9-27(17)18)19(21,22)23/h3-9,11,16H,10H2,1-2H3,(H,24,28). The van der Waals surface area contributed by atoms with Crippen LogP contribution in [0, 0.1) is 5.92 Å². The zero-order valence-electron chi connectivity index (χ0n) is 15.6. The van der Waals surface area contributed by atoms with Crippen LogP contribution in [-0.4, -0.2) is 26.3 Å². The van der Waals surface area contributed by atoms with Crippen molar-refractivity contribution in [1.29, 1.82) is 0 Å². The van der Waals surface area contributed by atoms with Crippen LogP contribution in [0.5, 0.6) is 0 Å². The molecule has 154 valence electrons. The molecule has 10 heteroatoms. The highest BCUT2D eigenvalue weighted by molar-refractivity contribution is 7.99. The minimum atomic E-state index is -4.55. The molecular weight excluding hydrogens is 425 g/mol. The van der Waals surface area contributed by atoms with Crippen molar-refractivity contribution >= 4 is 34.9 Å². The van der Waals surface area contributed by atoms with Crippen LogP contribution in [0.15, 0.2) is 47.8 Å². The van der Waals surface area contributed by atoms with Crippen molar-refractivity contribution in [1.82, 2.24) is 19.9 Å². The molecule has 2 heterocycles. The molecule has 3 aromatic rings. The number of carbonyl (C=O) groups is 1. The van der Waals surface area contributed by atoms with Gasteiger partial charge in [0.25, 0.3) is 0 Å². The van der Waals surface area contributed by atoms with Gasteiger partial charge in [-0.3, -0.25) is 9.20 Å². The molecule has 0 fully saturated rings. The molecule has 1 atom stereocenters. The number of nitrogens with one attached hydrogen (secondary N) is 1. The first-order valence-electron chi connectivity index (χ1n) is 8.75. The van der Waals surface area contributed by atoms with Gasteiger partial charge >= 0.3 is 6.18 Å². The van der Waals surface area contributed by atoms with Crippen molar-refractivity contribution in [2.45, 2.75) is 31.2 Å². The highest BCUT2D eigenvalue weighted by Crippen LogP contribution is 2.33. The number of hydrogen-bond acceptors (Lipinski definition) is 4. The maximum atomic E-state index is 13.0. The second-order valence-corrected chi connectivity index (χ2v) is 8.09. The molecule has 0 spiro atoms. The fourth-order valence-corrected chi connectivity index (χ4v) is 3.79. The van der Waals surface area contributed by atoms with E-state index in [9.17, 15) is 18.0 Å². The monoisotopic (exact) mass is 442 g/mol. The van der Waals surface area contributed by atoms with E-state index in [4.69, 9.17) is 11.6 Å². The van der Waals surface area contributed by atoms with Crippen molar-refractivity contribution in [2.24, 2.45) is 5.92 Å². The van der Waals surface area contributed by atoms with Crippen LogP contribution in [0.2, 0.25) is 5.02 Å². The van der Waals surface area contributed by atoms with Crippen molar-refractivity contribution in [3.8, 4) is 0 Å². The molecule has 1 amide bonds. The first-order valence-corrected chi connectivity index (χ1v) is 10.1. The molecule has 1 unspecified atom stereocenters. The molecule has 0 saturated carbocycles. The largest absolute Gasteiger partial charge is 0.417 e. The number of fused-ring (bicyclic) bond motifs is 1. The summed E-state index contributed by atoms with van der Waals surface area (Å²) in [5.74, 6) is -0.120. The average Bonchev–Trinajstić information content (AvgIpc) is 3.08. The van der Waals surface area contributed by atoms with Crippen LogP contribution in [-0.2, 0) is 11.0 Å². The van der Waals surface area contributed by atoms with Crippen LogP contribution < -0.4 is 5.32 Å². The van der Waals surface area contributed by atoms with Gasteiger partial charge in [-0.25, -0.2) is 0 Å². The Labute approximate surface area is 174 Å². The second-order valence-electron chi connectivity index (χ2n) is 6.74. The fraction of sp³-hybridized carbons (Fsp3) is 0.316. The predicted molar refractivity (Wildman–Crippen MR) is 106 cm³/mol. The number of amides is 1. The van der Waals surface area contributed by atoms with Gasteiger partial charge in [0.05, 0.1) is 22.4 Å². The summed E-state index contributed by atoms with van der Waals surface area (Å²) in [7, 11) is 0. The lowest BCUT2D eigenvalue weighted by atomic mass is 9.96. The summed E-state index contributed by atoms with van der Waals surface area (Å²) >= 11 is 6.90. The molecule has 1 N–H and O–H groups in total. The summed E-state index contributed by atoms with van der Waals surface area (Å²) < 4.78 is 40.3. The van der Waals surface area contributed by atoms with Gasteiger partial charge in [-0.2, -0.15) is 13.2 Å². The molecule has 0 aliphatic heterocycles. The van der Waals surface area contributed by atoms with Crippen molar-refractivity contribution < 1.29 is 18.0 Å². The maximum absolute atomic E-state index is 13.0. The van der Waals surface area contributed by atoms with Crippen molar-refractivity contribution in [3.05, 3.63) is 58.7 Å². The third kappa shape index (κ3) is 5.02. The van der Waals surface area contributed by atoms with Gasteiger partial charge < -0.3 is 5.32 Å². The number of carbonyl (C=O) groups excluding carboxylic acids is 1. The number of alkyl halides is 3. The number of hydrogen-bond donors (Lipinski definition) is 1. The summed E-state index contributed by atoms with van der Waals surface area (Å²) in [6.45, 7) is 4.00. The van der Waals surface area contributed by atoms with E-state index >= 15 is 0 Å². The molecule has 3 rings (SSSR count). The zero-order valence-corrected chi connectivity index (χ0v) is 17.1. The van der Waals surface area contributed by atoms with E-state index < -0.39 is 11.7 Å². The third-order valence-electron chi connectivity index (χ3n) is 4.23. The van der Waals surface area contributed by atoms with E-state index in [0.717, 1.165) is 34.0 Å². The first kappa shape index (κ1) is 21.4. The van der Waals surface area contributed by atoms with Crippen LogP contribution >= 0.6 is 23.4 Å². The molecule has 0 bridgehead atoms. The number of rotatable bonds is 6. The van der Waals surface area contributed by atoms with E-state index in [0.29, 0.717) is 0 Å². The summed E-state index contributed by atoms with van der Waals surface area (Å²) in [6.07, 6.45) is -3.68. The number of thioether (sulfide) groups is 1. The molecule has 0 radical (unpaired) electrons. The van der Waals surface area contributed by atoms with Gasteiger partial charge in [-0.1, -0.05) is 67.5 Å². The molecule has 0 saturated heterocycles. The highest BCUT2D eigenvalue weighted by Gasteiger charge is 2.32. The lowest BCUT2D eigenvalue weighted by Crippen LogP contribution is -2.33. The Kier molecular flexibility index (Phi) is 6.38. The minimum Gasteiger partial charge on any atom is -0.348 e. The van der Waals surface area contributed by atoms with Gasteiger partial charge in [0.15, 0.2) is 10.8 Å². The maximum Gasteiger partial charge on any atom is 0.417 e. The Morgan fingerprint density at radius 1 is 1.24 bits per heavy atom. The van der Waals surface area contributed by atoms with Gasteiger partial charge in [-0.15, -0.1) is 10.2 Å². The van der Waals surface area contributed by atoms with Gasteiger partial charge in [0.1, 0.15) is 0 Å². The van der Waals surface area contributed by atoms with Gasteiger partial charge in [0.2, 0.25) is 5.91 Å². The van der Waals surface area contributed by atoms with E-state index in [1.54, 1.807) is 0 Å². The first-order chi connectivity index (χ1) is 13.7. The quantitative estimate of drug-likeness (QED) is 0.545. The van der Waals surface area contributed by atoms with Crippen LogP contribution in [0.1, 0.15) is 31.0 Å². The van der Waals surface area contributed by atoms with E-state index in [-0.39, 0.29) is 39.4 Å². The Morgan fingerprint density at radius 3 is 2.55 bits per heavy atom. The lowest BCUT2D eigenvalue weighted by Gasteiger charge is -2.22. The van der Waals surface area contributed by atoms with Crippen LogP contribution in [0.25, 0.3) is 5.65 Å². The lowest BCUT2D eigenvalue weighted by molar-refractivity contribution is -0.137. The zero-order chi connectivity index (χ0) is 21.2. The van der Waals surface area contributed by atoms with Gasteiger partial charge in [0, 0.05) is 6.20 Å². The topological polar surface area (TPSA) is 59.3 Å². The van der Waals surface area contributed by atoms with Crippen LogP contribution in [0.4, 0.5) is 13.2 Å². The van der Waals surface area contributed by atoms with Crippen LogP contribution in [0.3, 0.4) is 0 Å². The number of benzene rings is 1. The molecular formula is C19H18ClF3N4OS. The third-order valence-corrected chi connectivity index (χ3v) is 5.45. The molecule has 29 heavy (non-hydrogen) atoms. The smallest absolute Gasteiger partial charge is 0.348 e. The minimum absolute atomic E-state index is 0.0231. The number of pyridine rings is 1. The normalized spacial score (nSPS) is 13.1. The Hall–Kier alpha value is -2.26. The predicted octanol–water partition coefficient (Wildman–Crippen LogP) is 5.01. The second kappa shape index (κ2) is 8.62. The van der Waals surface area contributed by atoms with Gasteiger partial charge in [-0.05, 0) is 17.5 Å². The molecule has 5 nitrogen and oxygen atoms in total. The van der Waals surface area contributed by atoms with E-state index in [1.807, 2.05) is 44.2 Å². The summed E-state index contributed by atoms with van der Waals surface area (Å²) in [4.78, 5) is 12.5. The molecule has 2 aromatic heterocycles. The molecule has 0 aliphatic rings. The summed E-state index contributed by atoms with van der Waals surface area (Å²) in [5.41, 5.74) is 0.173. The fourth-order valence-electron chi connectivity index (χ4n) is 2.83. The summed E-state index contributed by atoms with van der Waals surface area (Å²) in [6, 6.07) is 10.2. The molecule has 1 aromatic carbocycles.